The first-order chi connectivity index (χ1) is 14.1. The van der Waals surface area contributed by atoms with Crippen LogP contribution in [0.4, 0.5) is 5.82 Å². The van der Waals surface area contributed by atoms with Gasteiger partial charge in [0.15, 0.2) is 12.4 Å². The number of rotatable bonds is 5. The van der Waals surface area contributed by atoms with E-state index in [-0.39, 0.29) is 12.5 Å². The highest BCUT2D eigenvalue weighted by atomic mass is 35.5. The lowest BCUT2D eigenvalue weighted by Crippen LogP contribution is -2.50. The molecule has 8 nitrogen and oxygen atoms in total. The summed E-state index contributed by atoms with van der Waals surface area (Å²) in [6, 6.07) is 8.63. The Morgan fingerprint density at radius 1 is 1.07 bits per heavy atom. The number of carbonyl (C=O) groups excluding carboxylic acids is 1. The van der Waals surface area contributed by atoms with Crippen molar-refractivity contribution in [1.82, 2.24) is 24.6 Å². The Labute approximate surface area is 177 Å². The molecule has 0 spiro atoms. The standard InChI is InChI=1S/C19H18Cl2N6O2/c20-14-2-3-16(15(21)10-14)29-12-19(28)26-8-6-25(7-9-26)17-11-18(23-13-22-17)27-5-1-4-24-27/h1-5,10-11,13H,6-9,12H2. The molecule has 0 aliphatic carbocycles. The molecular weight excluding hydrogens is 415 g/mol. The fraction of sp³-hybridized carbons (Fsp3) is 0.263. The molecule has 1 aromatic carbocycles. The lowest BCUT2D eigenvalue weighted by molar-refractivity contribution is -0.133. The summed E-state index contributed by atoms with van der Waals surface area (Å²) in [7, 11) is 0. The van der Waals surface area contributed by atoms with E-state index in [0.717, 1.165) is 5.82 Å². The maximum Gasteiger partial charge on any atom is 0.260 e. The zero-order valence-corrected chi connectivity index (χ0v) is 16.9. The number of halogens is 2. The lowest BCUT2D eigenvalue weighted by atomic mass is 10.3. The summed E-state index contributed by atoms with van der Waals surface area (Å²) in [6.45, 7) is 2.43. The second kappa shape index (κ2) is 8.67. The number of benzene rings is 1. The minimum atomic E-state index is -0.0874. The molecule has 0 atom stereocenters. The first kappa shape index (κ1) is 19.5. The molecule has 0 radical (unpaired) electrons. The van der Waals surface area contributed by atoms with Crippen LogP contribution in [0.25, 0.3) is 5.82 Å². The largest absolute Gasteiger partial charge is 0.482 e. The van der Waals surface area contributed by atoms with Gasteiger partial charge in [0.1, 0.15) is 17.9 Å². The van der Waals surface area contributed by atoms with E-state index in [9.17, 15) is 4.79 Å². The summed E-state index contributed by atoms with van der Waals surface area (Å²) in [5.41, 5.74) is 0. The first-order valence-electron chi connectivity index (χ1n) is 9.03. The van der Waals surface area contributed by atoms with Crippen LogP contribution in [0.2, 0.25) is 10.0 Å². The van der Waals surface area contributed by atoms with Gasteiger partial charge in [-0.15, -0.1) is 0 Å². The fourth-order valence-corrected chi connectivity index (χ4v) is 3.51. The quantitative estimate of drug-likeness (QED) is 0.616. The van der Waals surface area contributed by atoms with Gasteiger partial charge in [-0.25, -0.2) is 14.6 Å². The molecular formula is C19H18Cl2N6O2. The van der Waals surface area contributed by atoms with E-state index in [1.54, 1.807) is 34.0 Å². The Morgan fingerprint density at radius 3 is 2.59 bits per heavy atom. The molecule has 3 heterocycles. The van der Waals surface area contributed by atoms with Gasteiger partial charge >= 0.3 is 0 Å². The molecule has 150 valence electrons. The lowest BCUT2D eigenvalue weighted by Gasteiger charge is -2.35. The highest BCUT2D eigenvalue weighted by Gasteiger charge is 2.23. The number of aromatic nitrogens is 4. The molecule has 2 aromatic heterocycles. The summed E-state index contributed by atoms with van der Waals surface area (Å²) in [5, 5.41) is 5.09. The summed E-state index contributed by atoms with van der Waals surface area (Å²) in [4.78, 5) is 25.0. The van der Waals surface area contributed by atoms with Crippen LogP contribution < -0.4 is 9.64 Å². The third-order valence-electron chi connectivity index (χ3n) is 4.58. The molecule has 4 rings (SSSR count). The molecule has 0 bridgehead atoms. The molecule has 0 unspecified atom stereocenters. The van der Waals surface area contributed by atoms with Crippen LogP contribution in [0.5, 0.6) is 5.75 Å². The minimum absolute atomic E-state index is 0.0711. The Kier molecular flexibility index (Phi) is 5.82. The van der Waals surface area contributed by atoms with Crippen molar-refractivity contribution < 1.29 is 9.53 Å². The van der Waals surface area contributed by atoms with Crippen LogP contribution in [0.1, 0.15) is 0 Å². The number of amides is 1. The van der Waals surface area contributed by atoms with E-state index < -0.39 is 0 Å². The van der Waals surface area contributed by atoms with Gasteiger partial charge in [-0.3, -0.25) is 4.79 Å². The molecule has 1 aliphatic heterocycles. The van der Waals surface area contributed by atoms with E-state index in [1.165, 1.54) is 6.33 Å². The Bertz CT molecular complexity index is 990. The summed E-state index contributed by atoms with van der Waals surface area (Å²) in [6.07, 6.45) is 5.05. The van der Waals surface area contributed by atoms with Gasteiger partial charge in [0.2, 0.25) is 0 Å². The van der Waals surface area contributed by atoms with Crippen LogP contribution in [0.15, 0.2) is 49.1 Å². The van der Waals surface area contributed by atoms with E-state index in [1.807, 2.05) is 18.3 Å². The molecule has 29 heavy (non-hydrogen) atoms. The van der Waals surface area contributed by atoms with Gasteiger partial charge in [-0.2, -0.15) is 5.10 Å². The number of ether oxygens (including phenoxy) is 1. The Morgan fingerprint density at radius 2 is 1.86 bits per heavy atom. The molecule has 1 fully saturated rings. The van der Waals surface area contributed by atoms with E-state index in [4.69, 9.17) is 27.9 Å². The maximum atomic E-state index is 12.5. The van der Waals surface area contributed by atoms with Crippen molar-refractivity contribution in [2.24, 2.45) is 0 Å². The monoisotopic (exact) mass is 432 g/mol. The van der Waals surface area contributed by atoms with Crippen molar-refractivity contribution in [2.45, 2.75) is 0 Å². The zero-order valence-electron chi connectivity index (χ0n) is 15.4. The van der Waals surface area contributed by atoms with Gasteiger partial charge in [-0.1, -0.05) is 23.2 Å². The number of anilines is 1. The Balaban J connectivity index is 1.32. The van der Waals surface area contributed by atoms with Crippen molar-refractivity contribution in [3.05, 3.63) is 59.1 Å². The van der Waals surface area contributed by atoms with Crippen molar-refractivity contribution in [3.8, 4) is 11.6 Å². The predicted molar refractivity (Wildman–Crippen MR) is 110 cm³/mol. The molecule has 1 amide bonds. The highest BCUT2D eigenvalue weighted by molar-refractivity contribution is 6.35. The van der Waals surface area contributed by atoms with Crippen LogP contribution in [0.3, 0.4) is 0 Å². The summed E-state index contributed by atoms with van der Waals surface area (Å²) >= 11 is 11.9. The Hall–Kier alpha value is -2.84. The van der Waals surface area contributed by atoms with Crippen LogP contribution in [-0.2, 0) is 4.79 Å². The summed E-state index contributed by atoms with van der Waals surface area (Å²) in [5.74, 6) is 1.86. The zero-order chi connectivity index (χ0) is 20.2. The molecule has 10 heteroatoms. The average molecular weight is 433 g/mol. The van der Waals surface area contributed by atoms with Gasteiger partial charge < -0.3 is 14.5 Å². The molecule has 0 saturated carbocycles. The maximum absolute atomic E-state index is 12.5. The number of nitrogens with zero attached hydrogens (tertiary/aromatic N) is 6. The predicted octanol–water partition coefficient (Wildman–Crippen LogP) is 2.70. The van der Waals surface area contributed by atoms with Crippen molar-refractivity contribution in [1.29, 1.82) is 0 Å². The van der Waals surface area contributed by atoms with Crippen molar-refractivity contribution in [3.63, 3.8) is 0 Å². The second-order valence-corrected chi connectivity index (χ2v) is 7.26. The number of hydrogen-bond donors (Lipinski definition) is 0. The summed E-state index contributed by atoms with van der Waals surface area (Å²) < 4.78 is 7.23. The SMILES string of the molecule is O=C(COc1ccc(Cl)cc1Cl)N1CCN(c2cc(-n3cccn3)ncn2)CC1. The van der Waals surface area contributed by atoms with Crippen molar-refractivity contribution >= 4 is 34.9 Å². The molecule has 1 aliphatic rings. The second-order valence-electron chi connectivity index (χ2n) is 6.42. The minimum Gasteiger partial charge on any atom is -0.482 e. The highest BCUT2D eigenvalue weighted by Crippen LogP contribution is 2.27. The number of hydrogen-bond acceptors (Lipinski definition) is 6. The third-order valence-corrected chi connectivity index (χ3v) is 5.11. The molecule has 1 saturated heterocycles. The molecule has 0 N–H and O–H groups in total. The first-order valence-corrected chi connectivity index (χ1v) is 9.78. The van der Waals surface area contributed by atoms with E-state index in [0.29, 0.717) is 47.8 Å². The van der Waals surface area contributed by atoms with Crippen LogP contribution >= 0.6 is 23.2 Å². The van der Waals surface area contributed by atoms with Crippen LogP contribution in [-0.4, -0.2) is 63.3 Å². The van der Waals surface area contributed by atoms with E-state index >= 15 is 0 Å². The smallest absolute Gasteiger partial charge is 0.260 e. The van der Waals surface area contributed by atoms with Gasteiger partial charge in [-0.05, 0) is 24.3 Å². The van der Waals surface area contributed by atoms with E-state index in [2.05, 4.69) is 20.0 Å². The van der Waals surface area contributed by atoms with Gasteiger partial charge in [0, 0.05) is 49.7 Å². The molecule has 3 aromatic rings. The normalized spacial score (nSPS) is 14.1. The topological polar surface area (TPSA) is 76.4 Å². The van der Waals surface area contributed by atoms with Crippen LogP contribution in [0, 0.1) is 0 Å². The average Bonchev–Trinajstić information content (AvgIpc) is 3.28. The fourth-order valence-electron chi connectivity index (χ4n) is 3.05. The van der Waals surface area contributed by atoms with Crippen molar-refractivity contribution in [2.75, 3.05) is 37.7 Å². The third kappa shape index (κ3) is 4.60. The number of piperazine rings is 1. The number of carbonyl (C=O) groups is 1. The van der Waals surface area contributed by atoms with Gasteiger partial charge in [0.05, 0.1) is 5.02 Å². The van der Waals surface area contributed by atoms with Gasteiger partial charge in [0.25, 0.3) is 5.91 Å².